The van der Waals surface area contributed by atoms with Crippen molar-refractivity contribution in [3.05, 3.63) is 65.2 Å². The van der Waals surface area contributed by atoms with Crippen LogP contribution in [0.15, 0.2) is 54.0 Å². The number of benzene rings is 2. The number of hydrogen-bond donors (Lipinski definition) is 0. The highest BCUT2D eigenvalue weighted by Gasteiger charge is 2.13. The van der Waals surface area contributed by atoms with Gasteiger partial charge in [-0.15, -0.1) is 11.3 Å². The molecule has 0 radical (unpaired) electrons. The molecule has 94 valence electrons. The molecule has 1 nitrogen and oxygen atoms in total. The normalized spacial score (nSPS) is 10.6. The maximum Gasteiger partial charge on any atom is 0.123 e. The van der Waals surface area contributed by atoms with Crippen molar-refractivity contribution in [2.45, 2.75) is 13.8 Å². The Balaban J connectivity index is 2.30. The molecule has 0 unspecified atom stereocenters. The van der Waals surface area contributed by atoms with Gasteiger partial charge in [-0.25, -0.2) is 4.98 Å². The van der Waals surface area contributed by atoms with Crippen molar-refractivity contribution in [1.29, 1.82) is 0 Å². The Morgan fingerprint density at radius 1 is 0.947 bits per heavy atom. The van der Waals surface area contributed by atoms with Crippen LogP contribution in [0.2, 0.25) is 0 Å². The SMILES string of the molecule is Cc1ccc(-c2nccs2)c(-c2ccccc2)c1C. The fraction of sp³-hybridized carbons (Fsp3) is 0.118. The summed E-state index contributed by atoms with van der Waals surface area (Å²) < 4.78 is 0. The quantitative estimate of drug-likeness (QED) is 0.628. The first-order valence-electron chi connectivity index (χ1n) is 6.33. The van der Waals surface area contributed by atoms with Crippen molar-refractivity contribution in [3.8, 4) is 21.7 Å². The van der Waals surface area contributed by atoms with Gasteiger partial charge < -0.3 is 0 Å². The summed E-state index contributed by atoms with van der Waals surface area (Å²) in [6.07, 6.45) is 1.87. The van der Waals surface area contributed by atoms with E-state index in [0.717, 1.165) is 5.01 Å². The molecule has 0 aliphatic carbocycles. The van der Waals surface area contributed by atoms with Crippen molar-refractivity contribution in [1.82, 2.24) is 4.98 Å². The first-order valence-corrected chi connectivity index (χ1v) is 7.21. The standard InChI is InChI=1S/C17H15NS/c1-12-8-9-15(17-18-10-11-19-17)16(13(12)2)14-6-4-3-5-7-14/h3-11H,1-2H3. The van der Waals surface area contributed by atoms with Crippen molar-refractivity contribution < 1.29 is 0 Å². The summed E-state index contributed by atoms with van der Waals surface area (Å²) in [5.74, 6) is 0. The smallest absolute Gasteiger partial charge is 0.123 e. The Morgan fingerprint density at radius 2 is 1.74 bits per heavy atom. The van der Waals surface area contributed by atoms with Crippen molar-refractivity contribution in [3.63, 3.8) is 0 Å². The summed E-state index contributed by atoms with van der Waals surface area (Å²) in [7, 11) is 0. The minimum atomic E-state index is 1.09. The first kappa shape index (κ1) is 12.1. The monoisotopic (exact) mass is 265 g/mol. The van der Waals surface area contributed by atoms with Crippen LogP contribution in [0.4, 0.5) is 0 Å². The van der Waals surface area contributed by atoms with Crippen LogP contribution in [-0.2, 0) is 0 Å². The molecule has 0 fully saturated rings. The molecule has 0 atom stereocenters. The number of rotatable bonds is 2. The van der Waals surface area contributed by atoms with Gasteiger partial charge in [0.25, 0.3) is 0 Å². The third-order valence-electron chi connectivity index (χ3n) is 3.46. The van der Waals surface area contributed by atoms with Crippen LogP contribution in [0.25, 0.3) is 21.7 Å². The summed E-state index contributed by atoms with van der Waals surface area (Å²) in [6, 6.07) is 14.9. The van der Waals surface area contributed by atoms with E-state index >= 15 is 0 Å². The Hall–Kier alpha value is -1.93. The molecule has 0 bridgehead atoms. The predicted molar refractivity (Wildman–Crippen MR) is 82.5 cm³/mol. The van der Waals surface area contributed by atoms with Gasteiger partial charge in [-0.3, -0.25) is 0 Å². The van der Waals surface area contributed by atoms with E-state index in [0.29, 0.717) is 0 Å². The van der Waals surface area contributed by atoms with Crippen molar-refractivity contribution >= 4 is 11.3 Å². The zero-order valence-electron chi connectivity index (χ0n) is 11.1. The second kappa shape index (κ2) is 4.98. The van der Waals surface area contributed by atoms with Crippen LogP contribution in [0.3, 0.4) is 0 Å². The van der Waals surface area contributed by atoms with Crippen LogP contribution in [0, 0.1) is 13.8 Å². The van der Waals surface area contributed by atoms with Gasteiger partial charge in [0, 0.05) is 17.1 Å². The molecule has 0 N–H and O–H groups in total. The Kier molecular flexibility index (Phi) is 3.18. The molecule has 0 spiro atoms. The lowest BCUT2D eigenvalue weighted by Gasteiger charge is -2.13. The van der Waals surface area contributed by atoms with Gasteiger partial charge in [-0.2, -0.15) is 0 Å². The zero-order valence-corrected chi connectivity index (χ0v) is 11.9. The summed E-state index contributed by atoms with van der Waals surface area (Å²) in [6.45, 7) is 4.35. The average molecular weight is 265 g/mol. The summed E-state index contributed by atoms with van der Waals surface area (Å²) in [4.78, 5) is 4.46. The molecule has 19 heavy (non-hydrogen) atoms. The molecule has 2 heteroatoms. The summed E-state index contributed by atoms with van der Waals surface area (Å²) >= 11 is 1.69. The largest absolute Gasteiger partial charge is 0.245 e. The third kappa shape index (κ3) is 2.20. The van der Waals surface area contributed by atoms with E-state index in [1.54, 1.807) is 11.3 Å². The van der Waals surface area contributed by atoms with E-state index in [4.69, 9.17) is 0 Å². The predicted octanol–water partition coefficient (Wildman–Crippen LogP) is 5.09. The van der Waals surface area contributed by atoms with E-state index in [1.807, 2.05) is 11.6 Å². The zero-order chi connectivity index (χ0) is 13.2. The molecule has 1 aromatic heterocycles. The van der Waals surface area contributed by atoms with Crippen LogP contribution in [0.1, 0.15) is 11.1 Å². The Morgan fingerprint density at radius 3 is 2.42 bits per heavy atom. The van der Waals surface area contributed by atoms with E-state index in [9.17, 15) is 0 Å². The molecule has 3 rings (SSSR count). The fourth-order valence-corrected chi connectivity index (χ4v) is 3.00. The first-order chi connectivity index (χ1) is 9.27. The van der Waals surface area contributed by atoms with Gasteiger partial charge in [-0.05, 0) is 36.1 Å². The molecular formula is C17H15NS. The molecule has 0 aliphatic rings. The number of aromatic nitrogens is 1. The van der Waals surface area contributed by atoms with E-state index in [2.05, 4.69) is 61.3 Å². The average Bonchev–Trinajstić information content (AvgIpc) is 2.96. The lowest BCUT2D eigenvalue weighted by molar-refractivity contribution is 1.33. The molecule has 0 amide bonds. The van der Waals surface area contributed by atoms with Gasteiger partial charge in [0.15, 0.2) is 0 Å². The Bertz CT molecular complexity index is 685. The second-order valence-electron chi connectivity index (χ2n) is 4.63. The highest BCUT2D eigenvalue weighted by Crippen LogP contribution is 2.36. The fourth-order valence-electron chi connectivity index (χ4n) is 2.33. The van der Waals surface area contributed by atoms with Crippen LogP contribution in [0.5, 0.6) is 0 Å². The molecular weight excluding hydrogens is 250 g/mol. The van der Waals surface area contributed by atoms with E-state index in [1.165, 1.54) is 27.8 Å². The van der Waals surface area contributed by atoms with Gasteiger partial charge in [0.1, 0.15) is 5.01 Å². The van der Waals surface area contributed by atoms with Crippen molar-refractivity contribution in [2.24, 2.45) is 0 Å². The maximum atomic E-state index is 4.46. The number of thiazole rings is 1. The van der Waals surface area contributed by atoms with Gasteiger partial charge >= 0.3 is 0 Å². The maximum absolute atomic E-state index is 4.46. The van der Waals surface area contributed by atoms with Crippen molar-refractivity contribution in [2.75, 3.05) is 0 Å². The summed E-state index contributed by atoms with van der Waals surface area (Å²) in [5.41, 5.74) is 6.44. The molecule has 0 aliphatic heterocycles. The minimum Gasteiger partial charge on any atom is -0.245 e. The molecule has 0 saturated carbocycles. The van der Waals surface area contributed by atoms with Crippen LogP contribution >= 0.6 is 11.3 Å². The van der Waals surface area contributed by atoms with Crippen LogP contribution < -0.4 is 0 Å². The summed E-state index contributed by atoms with van der Waals surface area (Å²) in [5, 5.41) is 3.11. The third-order valence-corrected chi connectivity index (χ3v) is 4.27. The molecule has 2 aromatic carbocycles. The molecule has 1 heterocycles. The van der Waals surface area contributed by atoms with E-state index in [-0.39, 0.29) is 0 Å². The molecule has 0 saturated heterocycles. The number of aryl methyl sites for hydroxylation is 1. The second-order valence-corrected chi connectivity index (χ2v) is 5.53. The highest BCUT2D eigenvalue weighted by atomic mass is 32.1. The number of hydrogen-bond acceptors (Lipinski definition) is 2. The highest BCUT2D eigenvalue weighted by molar-refractivity contribution is 7.13. The lowest BCUT2D eigenvalue weighted by atomic mass is 9.92. The van der Waals surface area contributed by atoms with Crippen LogP contribution in [-0.4, -0.2) is 4.98 Å². The topological polar surface area (TPSA) is 12.9 Å². The lowest BCUT2D eigenvalue weighted by Crippen LogP contribution is -1.91. The van der Waals surface area contributed by atoms with E-state index < -0.39 is 0 Å². The Labute approximate surface area is 117 Å². The van der Waals surface area contributed by atoms with Gasteiger partial charge in [0.2, 0.25) is 0 Å². The van der Waals surface area contributed by atoms with Gasteiger partial charge in [0.05, 0.1) is 0 Å². The minimum absolute atomic E-state index is 1.09. The van der Waals surface area contributed by atoms with Gasteiger partial charge in [-0.1, -0.05) is 42.5 Å². The molecule has 3 aromatic rings. The number of nitrogens with zero attached hydrogens (tertiary/aromatic N) is 1.